The lowest BCUT2D eigenvalue weighted by Gasteiger charge is -2.24. The van der Waals surface area contributed by atoms with E-state index in [1.807, 2.05) is 20.8 Å². The van der Waals surface area contributed by atoms with Gasteiger partial charge < -0.3 is 9.84 Å². The van der Waals surface area contributed by atoms with E-state index in [2.05, 4.69) is 0 Å². The van der Waals surface area contributed by atoms with E-state index < -0.39 is 10.0 Å². The van der Waals surface area contributed by atoms with Crippen LogP contribution < -0.4 is 4.74 Å². The number of aliphatic hydroxyl groups is 1. The first-order chi connectivity index (χ1) is 8.93. The van der Waals surface area contributed by atoms with Gasteiger partial charge in [-0.3, -0.25) is 0 Å². The van der Waals surface area contributed by atoms with Gasteiger partial charge in [-0.25, -0.2) is 8.42 Å². The third-order valence-corrected chi connectivity index (χ3v) is 4.84. The summed E-state index contributed by atoms with van der Waals surface area (Å²) in [6, 6.07) is 6.15. The maximum Gasteiger partial charge on any atom is 0.243 e. The Hall–Kier alpha value is -1.11. The Labute approximate surface area is 114 Å². The lowest BCUT2D eigenvalue weighted by molar-refractivity contribution is 0.201. The van der Waals surface area contributed by atoms with Crippen molar-refractivity contribution in [2.45, 2.75) is 31.7 Å². The van der Waals surface area contributed by atoms with Crippen molar-refractivity contribution in [2.24, 2.45) is 0 Å². The SMILES string of the molecule is CCN(C(C)C)S(=O)(=O)c1ccc(OCCO)cc1. The van der Waals surface area contributed by atoms with E-state index >= 15 is 0 Å². The second-order valence-corrected chi connectivity index (χ2v) is 6.24. The van der Waals surface area contributed by atoms with Crippen LogP contribution in [-0.2, 0) is 10.0 Å². The third-order valence-electron chi connectivity index (χ3n) is 2.68. The van der Waals surface area contributed by atoms with Gasteiger partial charge in [-0.1, -0.05) is 6.92 Å². The Morgan fingerprint density at radius 2 is 1.84 bits per heavy atom. The Bertz CT molecular complexity index is 482. The minimum absolute atomic E-state index is 0.0724. The number of rotatable bonds is 7. The highest BCUT2D eigenvalue weighted by atomic mass is 32.2. The van der Waals surface area contributed by atoms with Gasteiger partial charge in [-0.2, -0.15) is 4.31 Å². The molecule has 1 rings (SSSR count). The highest BCUT2D eigenvalue weighted by molar-refractivity contribution is 7.89. The lowest BCUT2D eigenvalue weighted by Crippen LogP contribution is -2.36. The minimum atomic E-state index is -3.46. The van der Waals surface area contributed by atoms with E-state index in [0.29, 0.717) is 12.3 Å². The molecule has 0 heterocycles. The summed E-state index contributed by atoms with van der Waals surface area (Å²) in [6.07, 6.45) is 0. The highest BCUT2D eigenvalue weighted by Gasteiger charge is 2.25. The fourth-order valence-corrected chi connectivity index (χ4v) is 3.47. The molecule has 0 unspecified atom stereocenters. The van der Waals surface area contributed by atoms with Gasteiger partial charge in [-0.15, -0.1) is 0 Å². The predicted octanol–water partition coefficient (Wildman–Crippen LogP) is 1.48. The van der Waals surface area contributed by atoms with Gasteiger partial charge in [0, 0.05) is 12.6 Å². The van der Waals surface area contributed by atoms with Crippen molar-refractivity contribution in [1.82, 2.24) is 4.31 Å². The van der Waals surface area contributed by atoms with Crippen LogP contribution in [0.3, 0.4) is 0 Å². The second-order valence-electron chi connectivity index (χ2n) is 4.35. The van der Waals surface area contributed by atoms with Crippen LogP contribution in [0.5, 0.6) is 5.75 Å². The molecule has 1 N–H and O–H groups in total. The van der Waals surface area contributed by atoms with Crippen molar-refractivity contribution in [3.05, 3.63) is 24.3 Å². The Kier molecular flexibility index (Phi) is 5.78. The minimum Gasteiger partial charge on any atom is -0.491 e. The van der Waals surface area contributed by atoms with Gasteiger partial charge in [0.15, 0.2) is 0 Å². The normalized spacial score (nSPS) is 12.1. The van der Waals surface area contributed by atoms with Gasteiger partial charge in [0.05, 0.1) is 11.5 Å². The largest absolute Gasteiger partial charge is 0.491 e. The predicted molar refractivity (Wildman–Crippen MR) is 73.7 cm³/mol. The molecule has 5 nitrogen and oxygen atoms in total. The van der Waals surface area contributed by atoms with E-state index in [-0.39, 0.29) is 24.2 Å². The molecule has 1 aromatic carbocycles. The average Bonchev–Trinajstić information content (AvgIpc) is 2.36. The molecule has 19 heavy (non-hydrogen) atoms. The number of sulfonamides is 1. The zero-order valence-corrected chi connectivity index (χ0v) is 12.4. The molecule has 0 aliphatic carbocycles. The molecule has 108 valence electrons. The van der Waals surface area contributed by atoms with Gasteiger partial charge in [0.2, 0.25) is 10.0 Å². The van der Waals surface area contributed by atoms with Crippen LogP contribution in [0.15, 0.2) is 29.2 Å². The summed E-state index contributed by atoms with van der Waals surface area (Å²) in [7, 11) is -3.46. The maximum absolute atomic E-state index is 12.4. The Morgan fingerprint density at radius 1 is 1.26 bits per heavy atom. The zero-order valence-electron chi connectivity index (χ0n) is 11.5. The van der Waals surface area contributed by atoms with Crippen LogP contribution in [0, 0.1) is 0 Å². The summed E-state index contributed by atoms with van der Waals surface area (Å²) in [4.78, 5) is 0.249. The molecule has 0 aromatic heterocycles. The quantitative estimate of drug-likeness (QED) is 0.825. The average molecular weight is 287 g/mol. The van der Waals surface area contributed by atoms with Crippen LogP contribution in [0.1, 0.15) is 20.8 Å². The van der Waals surface area contributed by atoms with Crippen molar-refractivity contribution < 1.29 is 18.3 Å². The molecular formula is C13H21NO4S. The number of nitrogens with zero attached hydrogens (tertiary/aromatic N) is 1. The summed E-state index contributed by atoms with van der Waals surface area (Å²) >= 11 is 0. The summed E-state index contributed by atoms with van der Waals surface area (Å²) < 4.78 is 31.4. The van der Waals surface area contributed by atoms with Crippen molar-refractivity contribution in [2.75, 3.05) is 19.8 Å². The number of hydrogen-bond acceptors (Lipinski definition) is 4. The van der Waals surface area contributed by atoms with Crippen LogP contribution in [0.2, 0.25) is 0 Å². The fraction of sp³-hybridized carbons (Fsp3) is 0.538. The van der Waals surface area contributed by atoms with Crippen molar-refractivity contribution in [1.29, 1.82) is 0 Å². The van der Waals surface area contributed by atoms with Gasteiger partial charge in [-0.05, 0) is 38.1 Å². The summed E-state index contributed by atoms with van der Waals surface area (Å²) in [5.41, 5.74) is 0. The standard InChI is InChI=1S/C13H21NO4S/c1-4-14(11(2)3)19(16,17)13-7-5-12(6-8-13)18-10-9-15/h5-8,11,15H,4,9-10H2,1-3H3. The number of aliphatic hydroxyl groups excluding tert-OH is 1. The Balaban J connectivity index is 2.96. The second kappa shape index (κ2) is 6.88. The van der Waals surface area contributed by atoms with E-state index in [4.69, 9.17) is 9.84 Å². The van der Waals surface area contributed by atoms with Crippen molar-refractivity contribution in [3.8, 4) is 5.75 Å². The number of hydrogen-bond donors (Lipinski definition) is 1. The maximum atomic E-state index is 12.4. The molecule has 0 bridgehead atoms. The van der Waals surface area contributed by atoms with Gasteiger partial charge >= 0.3 is 0 Å². The number of benzene rings is 1. The van der Waals surface area contributed by atoms with Gasteiger partial charge in [0.25, 0.3) is 0 Å². The fourth-order valence-electron chi connectivity index (χ4n) is 1.82. The molecule has 0 saturated heterocycles. The first-order valence-corrected chi connectivity index (χ1v) is 7.73. The van der Waals surface area contributed by atoms with Crippen LogP contribution in [-0.4, -0.2) is 43.6 Å². The lowest BCUT2D eigenvalue weighted by atomic mass is 10.3. The van der Waals surface area contributed by atoms with Gasteiger partial charge in [0.1, 0.15) is 12.4 Å². The number of ether oxygens (including phenoxy) is 1. The van der Waals surface area contributed by atoms with E-state index in [1.165, 1.54) is 16.4 Å². The smallest absolute Gasteiger partial charge is 0.243 e. The third kappa shape index (κ3) is 3.92. The summed E-state index contributed by atoms with van der Waals surface area (Å²) in [6.45, 7) is 6.06. The molecular weight excluding hydrogens is 266 g/mol. The van der Waals surface area contributed by atoms with Crippen LogP contribution in [0.4, 0.5) is 0 Å². The molecule has 0 amide bonds. The molecule has 0 aliphatic heterocycles. The topological polar surface area (TPSA) is 66.8 Å². The van der Waals surface area contributed by atoms with Crippen LogP contribution >= 0.6 is 0 Å². The van der Waals surface area contributed by atoms with E-state index in [9.17, 15) is 8.42 Å². The zero-order chi connectivity index (χ0) is 14.5. The molecule has 6 heteroatoms. The molecule has 0 aliphatic rings. The molecule has 0 atom stereocenters. The van der Waals surface area contributed by atoms with Crippen molar-refractivity contribution >= 4 is 10.0 Å². The highest BCUT2D eigenvalue weighted by Crippen LogP contribution is 2.21. The monoisotopic (exact) mass is 287 g/mol. The molecule has 0 spiro atoms. The van der Waals surface area contributed by atoms with Crippen LogP contribution in [0.25, 0.3) is 0 Å². The Morgan fingerprint density at radius 3 is 2.26 bits per heavy atom. The molecule has 0 fully saturated rings. The summed E-state index contributed by atoms with van der Waals surface area (Å²) in [5, 5.41) is 8.65. The van der Waals surface area contributed by atoms with Crippen molar-refractivity contribution in [3.63, 3.8) is 0 Å². The van der Waals surface area contributed by atoms with E-state index in [1.54, 1.807) is 12.1 Å². The molecule has 0 radical (unpaired) electrons. The summed E-state index contributed by atoms with van der Waals surface area (Å²) in [5.74, 6) is 0.542. The molecule has 1 aromatic rings. The first kappa shape index (κ1) is 15.9. The molecule has 0 saturated carbocycles. The first-order valence-electron chi connectivity index (χ1n) is 6.29. The van der Waals surface area contributed by atoms with E-state index in [0.717, 1.165) is 0 Å².